The molecular formula is C10H14F3N3O2. The Bertz CT molecular complexity index is 379. The van der Waals surface area contributed by atoms with Crippen LogP contribution in [0.15, 0.2) is 0 Å². The highest BCUT2D eigenvalue weighted by Gasteiger charge is 2.64. The van der Waals surface area contributed by atoms with Crippen LogP contribution < -0.4 is 10.6 Å². The molecule has 0 aromatic heterocycles. The molecule has 0 spiro atoms. The maximum absolute atomic E-state index is 12.8. The van der Waals surface area contributed by atoms with Gasteiger partial charge in [0.15, 0.2) is 0 Å². The lowest BCUT2D eigenvalue weighted by Crippen LogP contribution is -2.56. The molecule has 3 amide bonds. The zero-order valence-corrected chi connectivity index (χ0v) is 9.80. The molecule has 102 valence electrons. The average Bonchev–Trinajstić information content (AvgIpc) is 2.81. The van der Waals surface area contributed by atoms with Gasteiger partial charge < -0.3 is 10.6 Å². The first-order chi connectivity index (χ1) is 8.25. The van der Waals surface area contributed by atoms with Crippen molar-refractivity contribution in [1.82, 2.24) is 15.5 Å². The van der Waals surface area contributed by atoms with Crippen LogP contribution in [0.2, 0.25) is 0 Å². The monoisotopic (exact) mass is 265 g/mol. The van der Waals surface area contributed by atoms with Crippen molar-refractivity contribution in [3.8, 4) is 0 Å². The molecule has 0 saturated carbocycles. The number of amides is 3. The number of halogens is 3. The van der Waals surface area contributed by atoms with Crippen LogP contribution in [0.4, 0.5) is 18.0 Å². The van der Waals surface area contributed by atoms with Gasteiger partial charge in [0.25, 0.3) is 5.91 Å². The van der Waals surface area contributed by atoms with E-state index in [0.29, 0.717) is 11.8 Å². The van der Waals surface area contributed by atoms with Crippen LogP contribution in [0.5, 0.6) is 0 Å². The number of imide groups is 1. The lowest BCUT2D eigenvalue weighted by molar-refractivity contribution is -0.191. The van der Waals surface area contributed by atoms with Crippen LogP contribution in [0.25, 0.3) is 0 Å². The van der Waals surface area contributed by atoms with E-state index in [4.69, 9.17) is 0 Å². The van der Waals surface area contributed by atoms with E-state index in [0.717, 1.165) is 19.4 Å². The van der Waals surface area contributed by atoms with Gasteiger partial charge in [0.1, 0.15) is 0 Å². The summed E-state index contributed by atoms with van der Waals surface area (Å²) in [5, 5.41) is 4.76. The van der Waals surface area contributed by atoms with Gasteiger partial charge in [-0.15, -0.1) is 0 Å². The molecular weight excluding hydrogens is 251 g/mol. The molecule has 2 N–H and O–H groups in total. The maximum Gasteiger partial charge on any atom is 0.420 e. The summed E-state index contributed by atoms with van der Waals surface area (Å²) in [7, 11) is 0. The van der Waals surface area contributed by atoms with Gasteiger partial charge in [0.2, 0.25) is 5.54 Å². The molecule has 2 atom stereocenters. The molecule has 0 aromatic rings. The minimum absolute atomic E-state index is 0.0175. The Morgan fingerprint density at radius 1 is 1.44 bits per heavy atom. The van der Waals surface area contributed by atoms with Gasteiger partial charge in [-0.05, 0) is 26.3 Å². The molecule has 0 radical (unpaired) electrons. The highest BCUT2D eigenvalue weighted by Crippen LogP contribution is 2.35. The van der Waals surface area contributed by atoms with Gasteiger partial charge in [-0.25, -0.2) is 4.79 Å². The topological polar surface area (TPSA) is 61.4 Å². The summed E-state index contributed by atoms with van der Waals surface area (Å²) in [4.78, 5) is 23.9. The van der Waals surface area contributed by atoms with Crippen LogP contribution in [-0.4, -0.2) is 47.7 Å². The highest BCUT2D eigenvalue weighted by atomic mass is 19.4. The maximum atomic E-state index is 12.8. The predicted octanol–water partition coefficient (Wildman–Crippen LogP) is 0.611. The molecule has 2 aliphatic rings. The number of urea groups is 1. The molecule has 2 heterocycles. The van der Waals surface area contributed by atoms with Gasteiger partial charge in [-0.3, -0.25) is 9.69 Å². The largest absolute Gasteiger partial charge is 0.420 e. The van der Waals surface area contributed by atoms with Crippen molar-refractivity contribution in [1.29, 1.82) is 0 Å². The molecule has 18 heavy (non-hydrogen) atoms. The number of alkyl halides is 3. The number of carbonyl (C=O) groups is 2. The first-order valence-electron chi connectivity index (χ1n) is 5.70. The molecule has 0 aliphatic carbocycles. The Labute approximate surface area is 102 Å². The molecule has 8 heteroatoms. The molecule has 0 bridgehead atoms. The van der Waals surface area contributed by atoms with E-state index < -0.39 is 23.7 Å². The second-order valence-corrected chi connectivity index (χ2v) is 4.76. The van der Waals surface area contributed by atoms with E-state index in [1.807, 2.05) is 0 Å². The minimum Gasteiger partial charge on any atom is -0.316 e. The predicted molar refractivity (Wildman–Crippen MR) is 55.7 cm³/mol. The average molecular weight is 265 g/mol. The van der Waals surface area contributed by atoms with E-state index >= 15 is 0 Å². The van der Waals surface area contributed by atoms with Crippen molar-refractivity contribution in [3.63, 3.8) is 0 Å². The Morgan fingerprint density at radius 2 is 2.11 bits per heavy atom. The van der Waals surface area contributed by atoms with Crippen LogP contribution in [-0.2, 0) is 4.79 Å². The summed E-state index contributed by atoms with van der Waals surface area (Å²) in [6.45, 7) is 1.43. The van der Waals surface area contributed by atoms with E-state index in [1.54, 1.807) is 5.32 Å². The number of nitrogens with zero attached hydrogens (tertiary/aromatic N) is 1. The Balaban J connectivity index is 2.14. The molecule has 2 saturated heterocycles. The summed E-state index contributed by atoms with van der Waals surface area (Å²) >= 11 is 0. The second-order valence-electron chi connectivity index (χ2n) is 4.76. The summed E-state index contributed by atoms with van der Waals surface area (Å²) in [5.41, 5.74) is -2.80. The Morgan fingerprint density at radius 3 is 2.56 bits per heavy atom. The third-order valence-electron chi connectivity index (χ3n) is 3.41. The SMILES string of the molecule is CC1(C(F)(F)F)NC(=O)N(CC2CCCN2)C1=O. The fraction of sp³-hybridized carbons (Fsp3) is 0.800. The number of hydrogen-bond donors (Lipinski definition) is 2. The van der Waals surface area contributed by atoms with Gasteiger partial charge in [0, 0.05) is 12.6 Å². The standard InChI is InChI=1S/C10H14F3N3O2/c1-9(10(11,12)13)7(17)16(8(18)15-9)5-6-3-2-4-14-6/h6,14H,2-5H2,1H3,(H,15,18). The summed E-state index contributed by atoms with van der Waals surface area (Å²) in [6, 6.07) is -1.09. The summed E-state index contributed by atoms with van der Waals surface area (Å²) < 4.78 is 38.3. The van der Waals surface area contributed by atoms with Crippen LogP contribution in [0, 0.1) is 0 Å². The Kier molecular flexibility index (Phi) is 3.00. The lowest BCUT2D eigenvalue weighted by Gasteiger charge is -2.25. The molecule has 5 nitrogen and oxygen atoms in total. The Hall–Kier alpha value is -1.31. The van der Waals surface area contributed by atoms with Gasteiger partial charge in [-0.1, -0.05) is 0 Å². The number of rotatable bonds is 2. The number of carbonyl (C=O) groups excluding carboxylic acids is 2. The van der Waals surface area contributed by atoms with Crippen molar-refractivity contribution in [2.45, 2.75) is 37.5 Å². The number of hydrogen-bond acceptors (Lipinski definition) is 3. The van der Waals surface area contributed by atoms with Crippen LogP contribution in [0.1, 0.15) is 19.8 Å². The lowest BCUT2D eigenvalue weighted by atomic mass is 10.0. The van der Waals surface area contributed by atoms with Crippen molar-refractivity contribution in [2.24, 2.45) is 0 Å². The summed E-state index contributed by atoms with van der Waals surface area (Å²) in [6.07, 6.45) is -3.15. The van der Waals surface area contributed by atoms with Gasteiger partial charge >= 0.3 is 12.2 Å². The van der Waals surface area contributed by atoms with E-state index in [-0.39, 0.29) is 12.6 Å². The normalized spacial score (nSPS) is 33.1. The first-order valence-corrected chi connectivity index (χ1v) is 5.70. The molecule has 2 unspecified atom stereocenters. The number of nitrogens with one attached hydrogen (secondary N) is 2. The quantitative estimate of drug-likeness (QED) is 0.719. The van der Waals surface area contributed by atoms with Crippen molar-refractivity contribution >= 4 is 11.9 Å². The second kappa shape index (κ2) is 4.11. The zero-order chi connectivity index (χ0) is 13.6. The minimum atomic E-state index is -4.79. The molecule has 2 fully saturated rings. The molecule has 2 aliphatic heterocycles. The first kappa shape index (κ1) is 13.1. The summed E-state index contributed by atoms with van der Waals surface area (Å²) in [5.74, 6) is -1.23. The molecule has 0 aromatic carbocycles. The van der Waals surface area contributed by atoms with Crippen molar-refractivity contribution in [3.05, 3.63) is 0 Å². The fourth-order valence-corrected chi connectivity index (χ4v) is 2.19. The van der Waals surface area contributed by atoms with E-state index in [2.05, 4.69) is 5.32 Å². The van der Waals surface area contributed by atoms with Crippen LogP contribution in [0.3, 0.4) is 0 Å². The highest BCUT2D eigenvalue weighted by molar-refractivity contribution is 6.07. The third-order valence-corrected chi connectivity index (χ3v) is 3.41. The van der Waals surface area contributed by atoms with E-state index in [9.17, 15) is 22.8 Å². The fourth-order valence-electron chi connectivity index (χ4n) is 2.19. The van der Waals surface area contributed by atoms with Crippen molar-refractivity contribution in [2.75, 3.05) is 13.1 Å². The van der Waals surface area contributed by atoms with Crippen molar-refractivity contribution < 1.29 is 22.8 Å². The zero-order valence-electron chi connectivity index (χ0n) is 9.80. The van der Waals surface area contributed by atoms with E-state index in [1.165, 1.54) is 0 Å². The third kappa shape index (κ3) is 1.94. The smallest absolute Gasteiger partial charge is 0.316 e. The van der Waals surface area contributed by atoms with Gasteiger partial charge in [0.05, 0.1) is 0 Å². The molecule has 2 rings (SSSR count). The van der Waals surface area contributed by atoms with Gasteiger partial charge in [-0.2, -0.15) is 13.2 Å². The van der Waals surface area contributed by atoms with Crippen LogP contribution >= 0.6 is 0 Å².